The number of aryl methyl sites for hydroxylation is 1. The zero-order valence-corrected chi connectivity index (χ0v) is 12.6. The number of halogens is 1. The Kier molecular flexibility index (Phi) is 3.71. The molecule has 2 N–H and O–H groups in total. The van der Waals surface area contributed by atoms with Crippen molar-refractivity contribution in [3.8, 4) is 0 Å². The van der Waals surface area contributed by atoms with E-state index in [1.165, 1.54) is 12.1 Å². The molecule has 0 fully saturated rings. The Morgan fingerprint density at radius 2 is 2.09 bits per heavy atom. The van der Waals surface area contributed by atoms with Crippen molar-refractivity contribution >= 4 is 11.6 Å². The molecule has 3 rings (SSSR count). The zero-order chi connectivity index (χ0) is 15.9. The largest absolute Gasteiger partial charge is 0.384 e. The summed E-state index contributed by atoms with van der Waals surface area (Å²) < 4.78 is 14.0. The molecule has 2 aromatic carbocycles. The molecule has 3 nitrogen and oxygen atoms in total. The molecule has 0 aliphatic carbocycles. The van der Waals surface area contributed by atoms with Gasteiger partial charge in [-0.1, -0.05) is 36.8 Å². The highest BCUT2D eigenvalue weighted by atomic mass is 19.1. The smallest absolute Gasteiger partial charge is 0.232 e. The average Bonchev–Trinajstić information content (AvgIpc) is 2.80. The number of amides is 1. The van der Waals surface area contributed by atoms with Gasteiger partial charge < -0.3 is 10.4 Å². The van der Waals surface area contributed by atoms with Crippen LogP contribution in [0.3, 0.4) is 0 Å². The second-order valence-corrected chi connectivity index (χ2v) is 5.73. The molecule has 0 saturated heterocycles. The van der Waals surface area contributed by atoms with Crippen LogP contribution in [0, 0.1) is 12.7 Å². The van der Waals surface area contributed by atoms with E-state index in [4.69, 9.17) is 0 Å². The highest BCUT2D eigenvalue weighted by molar-refractivity contribution is 6.03. The molecule has 114 valence electrons. The van der Waals surface area contributed by atoms with E-state index in [1.54, 1.807) is 6.07 Å². The summed E-state index contributed by atoms with van der Waals surface area (Å²) >= 11 is 0. The molecular formula is C18H18FNO2. The van der Waals surface area contributed by atoms with E-state index in [0.29, 0.717) is 28.8 Å². The maximum Gasteiger partial charge on any atom is 0.232 e. The summed E-state index contributed by atoms with van der Waals surface area (Å²) in [6.45, 7) is 3.82. The predicted molar refractivity (Wildman–Crippen MR) is 83.3 cm³/mol. The molecule has 0 radical (unpaired) electrons. The number of carbonyl (C=O) groups excluding carboxylic acids is 1. The summed E-state index contributed by atoms with van der Waals surface area (Å²) in [6, 6.07) is 10.1. The Bertz CT molecular complexity index is 742. The number of anilines is 1. The molecule has 2 unspecified atom stereocenters. The normalized spacial score (nSPS) is 18.0. The fraction of sp³-hybridized carbons (Fsp3) is 0.278. The molecule has 1 heterocycles. The lowest BCUT2D eigenvalue weighted by Crippen LogP contribution is -2.11. The summed E-state index contributed by atoms with van der Waals surface area (Å²) in [7, 11) is 0. The van der Waals surface area contributed by atoms with Gasteiger partial charge in [0.2, 0.25) is 5.91 Å². The van der Waals surface area contributed by atoms with E-state index in [1.807, 2.05) is 32.0 Å². The summed E-state index contributed by atoms with van der Waals surface area (Å²) in [6.07, 6.45) is -0.373. The molecule has 2 atom stereocenters. The van der Waals surface area contributed by atoms with Gasteiger partial charge >= 0.3 is 0 Å². The number of hydrogen-bond donors (Lipinski definition) is 2. The van der Waals surface area contributed by atoms with Gasteiger partial charge in [0, 0.05) is 5.56 Å². The van der Waals surface area contributed by atoms with Crippen LogP contribution in [0.5, 0.6) is 0 Å². The van der Waals surface area contributed by atoms with Crippen molar-refractivity contribution in [2.45, 2.75) is 32.3 Å². The van der Waals surface area contributed by atoms with Crippen molar-refractivity contribution in [1.29, 1.82) is 0 Å². The summed E-state index contributed by atoms with van der Waals surface area (Å²) in [5.74, 6) is -0.926. The van der Waals surface area contributed by atoms with Crippen LogP contribution >= 0.6 is 0 Å². The Balaban J connectivity index is 2.11. The molecule has 4 heteroatoms. The molecule has 1 amide bonds. The van der Waals surface area contributed by atoms with Gasteiger partial charge in [0.05, 0.1) is 11.6 Å². The minimum absolute atomic E-state index is 0.138. The highest BCUT2D eigenvalue weighted by Crippen LogP contribution is 2.41. The molecule has 1 aliphatic heterocycles. The topological polar surface area (TPSA) is 49.3 Å². The number of nitrogens with one attached hydrogen (secondary N) is 1. The zero-order valence-electron chi connectivity index (χ0n) is 12.6. The minimum Gasteiger partial charge on any atom is -0.384 e. The second kappa shape index (κ2) is 5.54. The van der Waals surface area contributed by atoms with E-state index >= 15 is 0 Å². The number of benzene rings is 2. The number of carbonyl (C=O) groups is 1. The molecule has 2 aromatic rings. The van der Waals surface area contributed by atoms with Gasteiger partial charge in [0.15, 0.2) is 0 Å². The van der Waals surface area contributed by atoms with Crippen molar-refractivity contribution in [1.82, 2.24) is 0 Å². The standard InChI is InChI=1S/C18H18FNO2/c1-3-13-14-8-12(19)9-15(16(14)20-18(13)22)17(21)11-6-4-5-10(2)7-11/h4-9,13,17,21H,3H2,1-2H3,(H,20,22). The molecule has 0 spiro atoms. The van der Waals surface area contributed by atoms with Gasteiger partial charge in [-0.15, -0.1) is 0 Å². The first-order chi connectivity index (χ1) is 10.5. The molecule has 0 aromatic heterocycles. The first-order valence-corrected chi connectivity index (χ1v) is 7.40. The van der Waals surface area contributed by atoms with Gasteiger partial charge in [-0.25, -0.2) is 4.39 Å². The monoisotopic (exact) mass is 299 g/mol. The third kappa shape index (κ3) is 2.40. The number of fused-ring (bicyclic) bond motifs is 1. The lowest BCUT2D eigenvalue weighted by molar-refractivity contribution is -0.117. The van der Waals surface area contributed by atoms with Gasteiger partial charge in [0.25, 0.3) is 0 Å². The summed E-state index contributed by atoms with van der Waals surface area (Å²) in [5, 5.41) is 13.4. The minimum atomic E-state index is -0.972. The van der Waals surface area contributed by atoms with E-state index < -0.39 is 11.9 Å². The highest BCUT2D eigenvalue weighted by Gasteiger charge is 2.33. The van der Waals surface area contributed by atoms with Gasteiger partial charge in [-0.05, 0) is 36.6 Å². The van der Waals surface area contributed by atoms with Crippen molar-refractivity contribution in [2.75, 3.05) is 5.32 Å². The fourth-order valence-electron chi connectivity index (χ4n) is 3.06. The first kappa shape index (κ1) is 14.7. The van der Waals surface area contributed by atoms with Crippen LogP contribution in [-0.2, 0) is 4.79 Å². The number of rotatable bonds is 3. The lowest BCUT2D eigenvalue weighted by Gasteiger charge is -2.16. The van der Waals surface area contributed by atoms with Crippen molar-refractivity contribution < 1.29 is 14.3 Å². The Hall–Kier alpha value is -2.20. The lowest BCUT2D eigenvalue weighted by atomic mass is 9.92. The molecule has 22 heavy (non-hydrogen) atoms. The second-order valence-electron chi connectivity index (χ2n) is 5.73. The van der Waals surface area contributed by atoms with Crippen molar-refractivity contribution in [2.24, 2.45) is 0 Å². The number of aliphatic hydroxyl groups excluding tert-OH is 1. The Labute approximate surface area is 128 Å². The molecule has 0 saturated carbocycles. The van der Waals surface area contributed by atoms with E-state index in [9.17, 15) is 14.3 Å². The van der Waals surface area contributed by atoms with Crippen LogP contribution in [0.4, 0.5) is 10.1 Å². The van der Waals surface area contributed by atoms with Gasteiger partial charge in [-0.3, -0.25) is 4.79 Å². The van der Waals surface area contributed by atoms with Gasteiger partial charge in [-0.2, -0.15) is 0 Å². The van der Waals surface area contributed by atoms with Gasteiger partial charge in [0.1, 0.15) is 11.9 Å². The van der Waals surface area contributed by atoms with Crippen LogP contribution in [0.2, 0.25) is 0 Å². The SMILES string of the molecule is CCC1C(=O)Nc2c1cc(F)cc2C(O)c1cccc(C)c1. The van der Waals surface area contributed by atoms with Crippen LogP contribution in [-0.4, -0.2) is 11.0 Å². The molecular weight excluding hydrogens is 281 g/mol. The van der Waals surface area contributed by atoms with E-state index in [2.05, 4.69) is 5.32 Å². The quantitative estimate of drug-likeness (QED) is 0.908. The van der Waals surface area contributed by atoms with Crippen LogP contribution in [0.15, 0.2) is 36.4 Å². The van der Waals surface area contributed by atoms with Crippen LogP contribution < -0.4 is 5.32 Å². The maximum absolute atomic E-state index is 14.0. The summed E-state index contributed by atoms with van der Waals surface area (Å²) in [5.41, 5.74) is 3.29. The average molecular weight is 299 g/mol. The van der Waals surface area contributed by atoms with E-state index in [-0.39, 0.29) is 11.8 Å². The van der Waals surface area contributed by atoms with E-state index in [0.717, 1.165) is 5.56 Å². The molecule has 0 bridgehead atoms. The number of hydrogen-bond acceptors (Lipinski definition) is 2. The number of aliphatic hydroxyl groups is 1. The fourth-order valence-corrected chi connectivity index (χ4v) is 3.06. The maximum atomic E-state index is 14.0. The van der Waals surface area contributed by atoms with Crippen LogP contribution in [0.25, 0.3) is 0 Å². The third-order valence-electron chi connectivity index (χ3n) is 4.16. The molecule has 1 aliphatic rings. The summed E-state index contributed by atoms with van der Waals surface area (Å²) in [4.78, 5) is 12.0. The predicted octanol–water partition coefficient (Wildman–Crippen LogP) is 3.66. The first-order valence-electron chi connectivity index (χ1n) is 7.40. The van der Waals surface area contributed by atoms with Crippen LogP contribution in [0.1, 0.15) is 47.6 Å². The Morgan fingerprint density at radius 1 is 1.32 bits per heavy atom. The van der Waals surface area contributed by atoms with Crippen molar-refractivity contribution in [3.63, 3.8) is 0 Å². The van der Waals surface area contributed by atoms with Crippen molar-refractivity contribution in [3.05, 3.63) is 64.5 Å². The third-order valence-corrected chi connectivity index (χ3v) is 4.16. The Morgan fingerprint density at radius 3 is 2.77 bits per heavy atom.